The highest BCUT2D eigenvalue weighted by atomic mass is 35.5. The first-order valence-electron chi connectivity index (χ1n) is 9.63. The van der Waals surface area contributed by atoms with Gasteiger partial charge in [-0.25, -0.2) is 22.8 Å². The lowest BCUT2D eigenvalue weighted by Crippen LogP contribution is -2.51. The number of halogens is 2. The van der Waals surface area contributed by atoms with E-state index in [1.807, 2.05) is 39.8 Å². The summed E-state index contributed by atoms with van der Waals surface area (Å²) >= 11 is 11.7. The van der Waals surface area contributed by atoms with Crippen LogP contribution in [-0.2, 0) is 19.4 Å². The first-order chi connectivity index (χ1) is 15.1. The van der Waals surface area contributed by atoms with Crippen LogP contribution in [0.25, 0.3) is 0 Å². The number of nitrogens with one attached hydrogen (secondary N) is 1. The molecule has 1 aromatic rings. The van der Waals surface area contributed by atoms with Crippen LogP contribution < -0.4 is 5.32 Å². The number of carboxylic acid groups (broad SMARTS) is 2. The summed E-state index contributed by atoms with van der Waals surface area (Å²) in [6, 6.07) is 3.74. The number of aliphatic carboxylic acids is 2. The number of rotatable bonds is 9. The molecule has 0 aliphatic rings. The third-order valence-corrected chi connectivity index (χ3v) is 6.64. The number of carbonyl (C=O) groups excluding carboxylic acids is 1. The first kappa shape index (κ1) is 30.7. The van der Waals surface area contributed by atoms with Gasteiger partial charge in [0, 0.05) is 24.7 Å². The molecule has 3 N–H and O–H groups in total. The van der Waals surface area contributed by atoms with Crippen LogP contribution >= 0.6 is 23.2 Å². The molecule has 33 heavy (non-hydrogen) atoms. The summed E-state index contributed by atoms with van der Waals surface area (Å²) in [6.45, 7) is 5.60. The Hall–Kier alpha value is -2.34. The fourth-order valence-corrected chi connectivity index (χ4v) is 3.74. The Labute approximate surface area is 203 Å². The molecular weight excluding hydrogens is 497 g/mol. The predicted molar refractivity (Wildman–Crippen MR) is 126 cm³/mol. The molecule has 0 bridgehead atoms. The van der Waals surface area contributed by atoms with Gasteiger partial charge in [0.05, 0.1) is 26.9 Å². The van der Waals surface area contributed by atoms with Gasteiger partial charge in [-0.15, -0.1) is 0 Å². The number of amides is 2. The Kier molecular flexibility index (Phi) is 13.0. The van der Waals surface area contributed by atoms with Crippen LogP contribution in [0.5, 0.6) is 0 Å². The van der Waals surface area contributed by atoms with E-state index in [1.54, 1.807) is 0 Å². The summed E-state index contributed by atoms with van der Waals surface area (Å²) in [6.07, 6.45) is 0.949. The van der Waals surface area contributed by atoms with Crippen LogP contribution in [0.4, 0.5) is 4.79 Å². The minimum absolute atomic E-state index is 0.0756. The molecule has 0 radical (unpaired) electrons. The maximum absolute atomic E-state index is 12.5. The van der Waals surface area contributed by atoms with Gasteiger partial charge in [-0.2, -0.15) is 0 Å². The summed E-state index contributed by atoms with van der Waals surface area (Å²) in [5.41, 5.74) is 0. The van der Waals surface area contributed by atoms with Crippen LogP contribution in [0.2, 0.25) is 10.0 Å². The first-order valence-corrected chi connectivity index (χ1v) is 12.0. The molecule has 2 amide bonds. The molecule has 186 valence electrons. The number of carboxylic acids is 2. The third-order valence-electron chi connectivity index (χ3n) is 4.21. The highest BCUT2D eigenvalue weighted by Crippen LogP contribution is 2.25. The van der Waals surface area contributed by atoms with Crippen LogP contribution in [0.1, 0.15) is 20.8 Å². The molecule has 10 nitrogen and oxygen atoms in total. The molecule has 0 fully saturated rings. The third kappa shape index (κ3) is 11.9. The average Bonchev–Trinajstić information content (AvgIpc) is 2.68. The number of benzene rings is 1. The van der Waals surface area contributed by atoms with Gasteiger partial charge in [0.2, 0.25) is 0 Å². The van der Waals surface area contributed by atoms with Crippen molar-refractivity contribution in [3.63, 3.8) is 0 Å². The van der Waals surface area contributed by atoms with Gasteiger partial charge in [0.25, 0.3) is 0 Å². The maximum atomic E-state index is 12.5. The quantitative estimate of drug-likeness (QED) is 0.329. The van der Waals surface area contributed by atoms with Gasteiger partial charge >= 0.3 is 18.0 Å². The van der Waals surface area contributed by atoms with Crippen LogP contribution in [0, 0.1) is 0 Å². The summed E-state index contributed by atoms with van der Waals surface area (Å²) in [7, 11) is 0.112. The molecule has 1 aromatic carbocycles. The molecule has 0 saturated heterocycles. The number of urea groups is 1. The zero-order chi connectivity index (χ0) is 25.9. The van der Waals surface area contributed by atoms with Gasteiger partial charge in [-0.3, -0.25) is 4.90 Å². The molecule has 0 saturated carbocycles. The monoisotopic (exact) mass is 525 g/mol. The van der Waals surface area contributed by atoms with Gasteiger partial charge < -0.3 is 20.4 Å². The topological polar surface area (TPSA) is 144 Å². The van der Waals surface area contributed by atoms with E-state index in [9.17, 15) is 22.8 Å². The number of carbonyl (C=O) groups is 3. The molecule has 13 heteroatoms. The van der Waals surface area contributed by atoms with E-state index in [0.717, 1.165) is 0 Å². The Bertz CT molecular complexity index is 950. The van der Waals surface area contributed by atoms with E-state index >= 15 is 0 Å². The Morgan fingerprint density at radius 1 is 1.03 bits per heavy atom. The summed E-state index contributed by atoms with van der Waals surface area (Å²) in [4.78, 5) is 34.9. The van der Waals surface area contributed by atoms with E-state index in [0.29, 0.717) is 17.2 Å². The van der Waals surface area contributed by atoms with E-state index in [4.69, 9.17) is 33.4 Å². The maximum Gasteiger partial charge on any atom is 0.328 e. The number of hydrogen-bond donors (Lipinski definition) is 3. The molecule has 1 unspecified atom stereocenters. The molecule has 0 aliphatic heterocycles. The molecule has 0 aromatic heterocycles. The van der Waals surface area contributed by atoms with E-state index < -0.39 is 21.8 Å². The largest absolute Gasteiger partial charge is 0.478 e. The van der Waals surface area contributed by atoms with Gasteiger partial charge in [-0.05, 0) is 53.1 Å². The second kappa shape index (κ2) is 14.0. The normalized spacial score (nSPS) is 12.3. The van der Waals surface area contributed by atoms with Crippen molar-refractivity contribution in [1.29, 1.82) is 0 Å². The summed E-state index contributed by atoms with van der Waals surface area (Å²) < 4.78 is 25.0. The minimum Gasteiger partial charge on any atom is -0.478 e. The lowest BCUT2D eigenvalue weighted by atomic mass is 10.3. The SMILES string of the molecule is CC(NC(=O)N(CCS(=O)(=O)c1ccc(Cl)c(Cl)c1)C(C)C)N(C)C.O=C(O)/C=C\C(=O)O. The summed E-state index contributed by atoms with van der Waals surface area (Å²) in [5, 5.41) is 18.9. The van der Waals surface area contributed by atoms with Crippen molar-refractivity contribution in [3.05, 3.63) is 40.4 Å². The van der Waals surface area contributed by atoms with Crippen molar-refractivity contribution >= 4 is 51.0 Å². The van der Waals surface area contributed by atoms with Crippen molar-refractivity contribution in [2.45, 2.75) is 37.9 Å². The van der Waals surface area contributed by atoms with Crippen molar-refractivity contribution in [2.24, 2.45) is 0 Å². The number of nitrogens with zero attached hydrogens (tertiary/aromatic N) is 2. The Morgan fingerprint density at radius 2 is 1.55 bits per heavy atom. The van der Waals surface area contributed by atoms with Crippen LogP contribution in [-0.4, -0.2) is 85.0 Å². The predicted octanol–water partition coefficient (Wildman–Crippen LogP) is 2.81. The second-order valence-electron chi connectivity index (χ2n) is 7.28. The Morgan fingerprint density at radius 3 is 1.94 bits per heavy atom. The van der Waals surface area contributed by atoms with Crippen LogP contribution in [0.15, 0.2) is 35.2 Å². The van der Waals surface area contributed by atoms with Gasteiger partial charge in [0.1, 0.15) is 0 Å². The highest BCUT2D eigenvalue weighted by molar-refractivity contribution is 7.91. The number of sulfone groups is 1. The molecule has 0 spiro atoms. The fourth-order valence-electron chi connectivity index (χ4n) is 2.13. The van der Waals surface area contributed by atoms with Crippen molar-refractivity contribution in [1.82, 2.24) is 15.1 Å². The number of hydrogen-bond acceptors (Lipinski definition) is 6. The minimum atomic E-state index is -3.58. The fraction of sp³-hybridized carbons (Fsp3) is 0.450. The van der Waals surface area contributed by atoms with Crippen LogP contribution in [0.3, 0.4) is 0 Å². The Balaban J connectivity index is 0.00000109. The molecule has 1 rings (SSSR count). The smallest absolute Gasteiger partial charge is 0.328 e. The second-order valence-corrected chi connectivity index (χ2v) is 10.2. The van der Waals surface area contributed by atoms with E-state index in [1.165, 1.54) is 23.1 Å². The molecule has 0 aliphatic carbocycles. The van der Waals surface area contributed by atoms with E-state index in [2.05, 4.69) is 5.32 Å². The standard InChI is InChI=1S/C16H25Cl2N3O3S.C4H4O4/c1-11(2)21(16(22)19-12(3)20(4)5)8-9-25(23,24)13-6-7-14(17)15(18)10-13;5-3(6)1-2-4(7)8/h6-7,10-12H,8-9H2,1-5H3,(H,19,22);1-2H,(H,5,6)(H,7,8)/b;2-1-. The lowest BCUT2D eigenvalue weighted by Gasteiger charge is -2.30. The molecule has 1 atom stereocenters. The zero-order valence-corrected chi connectivity index (χ0v) is 21.3. The summed E-state index contributed by atoms with van der Waals surface area (Å²) in [5.74, 6) is -2.72. The molecular formula is C20H29Cl2N3O7S. The van der Waals surface area contributed by atoms with Crippen molar-refractivity contribution < 1.29 is 33.0 Å². The van der Waals surface area contributed by atoms with Gasteiger partial charge in [0.15, 0.2) is 9.84 Å². The van der Waals surface area contributed by atoms with E-state index in [-0.39, 0.29) is 40.5 Å². The highest BCUT2D eigenvalue weighted by Gasteiger charge is 2.23. The van der Waals surface area contributed by atoms with Gasteiger partial charge in [-0.1, -0.05) is 23.2 Å². The molecule has 0 heterocycles. The van der Waals surface area contributed by atoms with Crippen molar-refractivity contribution in [3.8, 4) is 0 Å². The van der Waals surface area contributed by atoms with Crippen molar-refractivity contribution in [2.75, 3.05) is 26.4 Å². The zero-order valence-electron chi connectivity index (χ0n) is 18.9. The lowest BCUT2D eigenvalue weighted by molar-refractivity contribution is -0.134. The average molecular weight is 526 g/mol.